The molecule has 0 saturated heterocycles. The topological polar surface area (TPSA) is 114 Å². The number of benzene rings is 3. The van der Waals surface area contributed by atoms with E-state index >= 15 is 0 Å². The average molecular weight is 530 g/mol. The molecule has 3 N–H and O–H groups in total. The van der Waals surface area contributed by atoms with Crippen LogP contribution in [0.5, 0.6) is 5.75 Å². The second-order valence-corrected chi connectivity index (χ2v) is 11.1. The molecule has 0 amide bonds. The third-order valence-corrected chi connectivity index (χ3v) is 8.16. The lowest BCUT2D eigenvalue weighted by Crippen LogP contribution is -2.36. The zero-order chi connectivity index (χ0) is 26.1. The molecule has 3 heterocycles. The van der Waals surface area contributed by atoms with Crippen molar-refractivity contribution in [3.63, 3.8) is 0 Å². The number of pyridine rings is 1. The summed E-state index contributed by atoms with van der Waals surface area (Å²) in [7, 11) is -3.80. The Morgan fingerprint density at radius 1 is 1.00 bits per heavy atom. The molecule has 6 rings (SSSR count). The molecule has 0 bridgehead atoms. The third-order valence-electron chi connectivity index (χ3n) is 6.78. The van der Waals surface area contributed by atoms with Crippen LogP contribution in [0.15, 0.2) is 94.5 Å². The first-order valence-corrected chi connectivity index (χ1v) is 14.0. The lowest BCUT2D eigenvalue weighted by molar-refractivity contribution is 0.146. The number of fused-ring (bicyclic) bond motifs is 4. The average Bonchev–Trinajstić information content (AvgIpc) is 3.31. The normalized spacial score (nSPS) is 16.2. The number of sulfonamides is 1. The summed E-state index contributed by atoms with van der Waals surface area (Å²) in [5.41, 5.74) is 3.55. The molecular formula is C29H27N3O5S. The molecule has 3 aromatic carbocycles. The highest BCUT2D eigenvalue weighted by Gasteiger charge is 2.23. The van der Waals surface area contributed by atoms with E-state index in [4.69, 9.17) is 9.15 Å². The van der Waals surface area contributed by atoms with Crippen LogP contribution >= 0.6 is 0 Å². The van der Waals surface area contributed by atoms with Gasteiger partial charge >= 0.3 is 0 Å². The van der Waals surface area contributed by atoms with Gasteiger partial charge in [0.15, 0.2) is 0 Å². The Hall–Kier alpha value is -3.92. The summed E-state index contributed by atoms with van der Waals surface area (Å²) in [6.45, 7) is 0.963. The standard InChI is InChI=1S/C29H27N3O5S/c33-26(20-4-3-13-30-16-20)18-31-17-22-9-7-19-14-23(10-12-27(19)36-22)38(34,35)32-21-8-11-29-25(15-21)24-5-1-2-6-28(24)37-29/h1-6,8,10-16,22,26,31-33H,7,9,17-18H2/t22-,26+/m1/s1. The van der Waals surface area contributed by atoms with Gasteiger partial charge in [-0.15, -0.1) is 0 Å². The minimum atomic E-state index is -3.80. The fourth-order valence-corrected chi connectivity index (χ4v) is 5.91. The Morgan fingerprint density at radius 3 is 2.74 bits per heavy atom. The minimum absolute atomic E-state index is 0.0688. The van der Waals surface area contributed by atoms with Crippen molar-refractivity contribution in [1.29, 1.82) is 0 Å². The first-order chi connectivity index (χ1) is 18.5. The van der Waals surface area contributed by atoms with Gasteiger partial charge in [0.25, 0.3) is 10.0 Å². The van der Waals surface area contributed by atoms with Crippen molar-refractivity contribution in [2.75, 3.05) is 17.8 Å². The molecule has 2 atom stereocenters. The summed E-state index contributed by atoms with van der Waals surface area (Å²) in [4.78, 5) is 4.22. The molecule has 9 heteroatoms. The second kappa shape index (κ2) is 10.1. The second-order valence-electron chi connectivity index (χ2n) is 9.42. The van der Waals surface area contributed by atoms with Crippen molar-refractivity contribution in [3.05, 3.63) is 96.3 Å². The molecular weight excluding hydrogens is 502 g/mol. The first-order valence-electron chi connectivity index (χ1n) is 12.5. The van der Waals surface area contributed by atoms with E-state index in [1.54, 1.807) is 54.9 Å². The van der Waals surface area contributed by atoms with E-state index in [1.807, 2.05) is 30.3 Å². The molecule has 0 aliphatic carbocycles. The van der Waals surface area contributed by atoms with Crippen LogP contribution in [0.25, 0.3) is 21.9 Å². The fraction of sp³-hybridized carbons (Fsp3) is 0.207. The highest BCUT2D eigenvalue weighted by molar-refractivity contribution is 7.92. The monoisotopic (exact) mass is 529 g/mol. The number of hydrogen-bond donors (Lipinski definition) is 3. The predicted molar refractivity (Wildman–Crippen MR) is 146 cm³/mol. The molecule has 1 aliphatic rings. The maximum absolute atomic E-state index is 13.2. The zero-order valence-corrected chi connectivity index (χ0v) is 21.3. The van der Waals surface area contributed by atoms with Crippen molar-refractivity contribution in [2.24, 2.45) is 0 Å². The molecule has 8 nitrogen and oxygen atoms in total. The van der Waals surface area contributed by atoms with Gasteiger partial charge in [0, 0.05) is 47.5 Å². The fourth-order valence-electron chi connectivity index (χ4n) is 4.81. The number of ether oxygens (including phenoxy) is 1. The van der Waals surface area contributed by atoms with Crippen LogP contribution in [0.3, 0.4) is 0 Å². The van der Waals surface area contributed by atoms with Gasteiger partial charge in [-0.3, -0.25) is 9.71 Å². The summed E-state index contributed by atoms with van der Waals surface area (Å²) in [6.07, 6.45) is 4.05. The van der Waals surface area contributed by atoms with Gasteiger partial charge in [0.1, 0.15) is 23.0 Å². The van der Waals surface area contributed by atoms with Crippen LogP contribution in [0, 0.1) is 0 Å². The number of nitrogens with one attached hydrogen (secondary N) is 2. The van der Waals surface area contributed by atoms with Crippen molar-refractivity contribution >= 4 is 37.6 Å². The lowest BCUT2D eigenvalue weighted by Gasteiger charge is -2.27. The SMILES string of the molecule is O=S(=O)(Nc1ccc2oc3ccccc3c2c1)c1ccc2c(c1)CC[C@H](CNC[C@H](O)c1cccnc1)O2. The summed E-state index contributed by atoms with van der Waals surface area (Å²) >= 11 is 0. The third kappa shape index (κ3) is 4.96. The molecule has 194 valence electrons. The Bertz CT molecular complexity index is 1700. The molecule has 0 fully saturated rings. The van der Waals surface area contributed by atoms with E-state index < -0.39 is 16.1 Å². The largest absolute Gasteiger partial charge is 0.489 e. The van der Waals surface area contributed by atoms with E-state index in [2.05, 4.69) is 15.0 Å². The zero-order valence-electron chi connectivity index (χ0n) is 20.5. The van der Waals surface area contributed by atoms with Crippen molar-refractivity contribution in [2.45, 2.75) is 29.9 Å². The van der Waals surface area contributed by atoms with Gasteiger partial charge in [-0.25, -0.2) is 8.42 Å². The molecule has 5 aromatic rings. The molecule has 0 radical (unpaired) electrons. The highest BCUT2D eigenvalue weighted by Crippen LogP contribution is 2.33. The highest BCUT2D eigenvalue weighted by atomic mass is 32.2. The van der Waals surface area contributed by atoms with Gasteiger partial charge in [0.2, 0.25) is 0 Å². The number of anilines is 1. The van der Waals surface area contributed by atoms with E-state index in [0.717, 1.165) is 33.9 Å². The van der Waals surface area contributed by atoms with Crippen LogP contribution in [0.2, 0.25) is 0 Å². The maximum atomic E-state index is 13.2. The predicted octanol–water partition coefficient (Wildman–Crippen LogP) is 4.80. The smallest absolute Gasteiger partial charge is 0.261 e. The molecule has 1 aliphatic heterocycles. The van der Waals surface area contributed by atoms with Gasteiger partial charge in [0.05, 0.1) is 11.0 Å². The van der Waals surface area contributed by atoms with Crippen LogP contribution in [0.1, 0.15) is 23.7 Å². The van der Waals surface area contributed by atoms with Gasteiger partial charge < -0.3 is 19.6 Å². The number of aliphatic hydroxyl groups excluding tert-OH is 1. The van der Waals surface area contributed by atoms with Crippen molar-refractivity contribution < 1.29 is 22.7 Å². The van der Waals surface area contributed by atoms with E-state index in [9.17, 15) is 13.5 Å². The first kappa shape index (κ1) is 24.4. The van der Waals surface area contributed by atoms with Crippen LogP contribution in [-0.4, -0.2) is 37.7 Å². The molecule has 0 unspecified atom stereocenters. The number of aromatic nitrogens is 1. The van der Waals surface area contributed by atoms with Gasteiger partial charge in [-0.1, -0.05) is 24.3 Å². The summed E-state index contributed by atoms with van der Waals surface area (Å²) in [5, 5.41) is 15.3. The minimum Gasteiger partial charge on any atom is -0.489 e. The van der Waals surface area contributed by atoms with Gasteiger partial charge in [-0.05, 0) is 66.9 Å². The summed E-state index contributed by atoms with van der Waals surface area (Å²) < 4.78 is 41.0. The molecule has 0 spiro atoms. The van der Waals surface area contributed by atoms with Crippen molar-refractivity contribution in [1.82, 2.24) is 10.3 Å². The number of rotatable bonds is 8. The number of aliphatic hydroxyl groups is 1. The van der Waals surface area contributed by atoms with Crippen LogP contribution < -0.4 is 14.8 Å². The summed E-state index contributed by atoms with van der Waals surface area (Å²) in [6, 6.07) is 21.5. The summed E-state index contributed by atoms with van der Waals surface area (Å²) in [5.74, 6) is 0.682. The quantitative estimate of drug-likeness (QED) is 0.265. The Labute approximate surface area is 220 Å². The van der Waals surface area contributed by atoms with E-state index in [-0.39, 0.29) is 11.0 Å². The van der Waals surface area contributed by atoms with Crippen LogP contribution in [0.4, 0.5) is 5.69 Å². The Morgan fingerprint density at radius 2 is 1.87 bits per heavy atom. The number of aryl methyl sites for hydroxylation is 1. The lowest BCUT2D eigenvalue weighted by atomic mass is 10.0. The maximum Gasteiger partial charge on any atom is 0.261 e. The van der Waals surface area contributed by atoms with Gasteiger partial charge in [-0.2, -0.15) is 0 Å². The number of nitrogens with zero attached hydrogens (tertiary/aromatic N) is 1. The molecule has 2 aromatic heterocycles. The molecule has 38 heavy (non-hydrogen) atoms. The van der Waals surface area contributed by atoms with Crippen LogP contribution in [-0.2, 0) is 16.4 Å². The Balaban J connectivity index is 1.11. The Kier molecular flexibility index (Phi) is 6.49. The number of para-hydroxylation sites is 1. The van der Waals surface area contributed by atoms with E-state index in [0.29, 0.717) is 36.5 Å². The number of hydrogen-bond acceptors (Lipinski definition) is 7. The van der Waals surface area contributed by atoms with E-state index in [1.165, 1.54) is 0 Å². The van der Waals surface area contributed by atoms with Crippen molar-refractivity contribution in [3.8, 4) is 5.75 Å². The number of furan rings is 1. The molecule has 0 saturated carbocycles.